The van der Waals surface area contributed by atoms with Crippen LogP contribution in [-0.4, -0.2) is 55.1 Å². The number of aromatic carboxylic acids is 1. The number of carboxylic acids is 1. The molecule has 0 heterocycles. The van der Waals surface area contributed by atoms with Crippen LogP contribution in [0.1, 0.15) is 10.4 Å². The van der Waals surface area contributed by atoms with E-state index in [4.69, 9.17) is 30.2 Å². The number of nitrogens with two attached hydrogens (primary N) is 2. The van der Waals surface area contributed by atoms with Gasteiger partial charge in [-0.05, 0) is 41.8 Å². The number of carbonyl (C=O) groups is 1. The molecule has 34 heavy (non-hydrogen) atoms. The van der Waals surface area contributed by atoms with Crippen LogP contribution in [0.3, 0.4) is 0 Å². The van der Waals surface area contributed by atoms with Crippen LogP contribution in [0.4, 0.5) is 11.4 Å². The van der Waals surface area contributed by atoms with E-state index < -0.39 is 62.3 Å². The Labute approximate surface area is 192 Å². The molecule has 0 spiro atoms. The molecule has 17 heteroatoms. The van der Waals surface area contributed by atoms with Crippen molar-refractivity contribution >= 4 is 58.5 Å². The van der Waals surface area contributed by atoms with Gasteiger partial charge in [0.15, 0.2) is 0 Å². The van der Waals surface area contributed by atoms with Gasteiger partial charge < -0.3 is 21.7 Å². The lowest BCUT2D eigenvalue weighted by molar-refractivity contribution is 0.0692. The number of hydrogen-bond donors (Lipinski definition) is 7. The second-order valence-corrected chi connectivity index (χ2v) is 10.8. The maximum atomic E-state index is 11.1. The van der Waals surface area contributed by atoms with E-state index in [1.54, 1.807) is 0 Å². The molecular weight excluding hydrogens is 520 g/mol. The van der Waals surface area contributed by atoms with Gasteiger partial charge in [-0.2, -0.15) is 25.3 Å². The first-order valence-electron chi connectivity index (χ1n) is 8.44. The number of rotatable bonds is 4. The van der Waals surface area contributed by atoms with E-state index in [2.05, 4.69) is 0 Å². The summed E-state index contributed by atoms with van der Waals surface area (Å²) in [6.07, 6.45) is 0. The first-order chi connectivity index (χ1) is 15.3. The van der Waals surface area contributed by atoms with Gasteiger partial charge >= 0.3 is 5.97 Å². The monoisotopic (exact) mass is 536 g/mol. The molecule has 0 amide bonds. The average molecular weight is 537 g/mol. The zero-order valence-electron chi connectivity index (χ0n) is 16.5. The second kappa shape index (κ2) is 9.05. The Kier molecular flexibility index (Phi) is 7.12. The SMILES string of the molecule is Nc1cc(S(=O)(=O)O)cc2cc(S(=O)(=O)O)cc(O)c12.Nc1ccc(S(=O)(=O)O)c(C(=O)O)c1. The molecule has 0 aliphatic heterocycles. The fourth-order valence-electron chi connectivity index (χ4n) is 2.71. The number of benzene rings is 3. The Morgan fingerprint density at radius 1 is 0.735 bits per heavy atom. The van der Waals surface area contributed by atoms with Crippen LogP contribution in [0.15, 0.2) is 57.2 Å². The molecule has 184 valence electrons. The summed E-state index contributed by atoms with van der Waals surface area (Å²) >= 11 is 0. The van der Waals surface area contributed by atoms with E-state index in [0.717, 1.165) is 36.4 Å². The molecule has 9 N–H and O–H groups in total. The zero-order valence-corrected chi connectivity index (χ0v) is 19.0. The number of fused-ring (bicyclic) bond motifs is 1. The summed E-state index contributed by atoms with van der Waals surface area (Å²) < 4.78 is 92.2. The maximum Gasteiger partial charge on any atom is 0.337 e. The Bertz CT molecular complexity index is 1560. The van der Waals surface area contributed by atoms with Crippen molar-refractivity contribution in [1.82, 2.24) is 0 Å². The van der Waals surface area contributed by atoms with E-state index in [1.807, 2.05) is 0 Å². The number of hydrogen-bond acceptors (Lipinski definition) is 10. The summed E-state index contributed by atoms with van der Waals surface area (Å²) in [5.74, 6) is -2.01. The second-order valence-electron chi connectivity index (χ2n) is 6.54. The smallest absolute Gasteiger partial charge is 0.337 e. The molecule has 14 nitrogen and oxygen atoms in total. The van der Waals surface area contributed by atoms with Crippen molar-refractivity contribution in [3.05, 3.63) is 48.0 Å². The molecule has 0 aromatic heterocycles. The van der Waals surface area contributed by atoms with Crippen molar-refractivity contribution in [2.75, 3.05) is 11.5 Å². The Morgan fingerprint density at radius 3 is 1.68 bits per heavy atom. The lowest BCUT2D eigenvalue weighted by Crippen LogP contribution is -2.08. The number of aromatic hydroxyl groups is 1. The van der Waals surface area contributed by atoms with Gasteiger partial charge in [0, 0.05) is 22.8 Å². The van der Waals surface area contributed by atoms with Crippen LogP contribution in [0, 0.1) is 0 Å². The molecule has 0 radical (unpaired) electrons. The van der Waals surface area contributed by atoms with E-state index in [0.29, 0.717) is 0 Å². The molecule has 0 aliphatic rings. The van der Waals surface area contributed by atoms with Gasteiger partial charge in [0.25, 0.3) is 30.4 Å². The Balaban J connectivity index is 0.000000257. The normalized spacial score (nSPS) is 12.1. The third-order valence-corrected chi connectivity index (χ3v) is 6.69. The summed E-state index contributed by atoms with van der Waals surface area (Å²) in [7, 11) is -13.7. The van der Waals surface area contributed by atoms with Crippen molar-refractivity contribution in [3.63, 3.8) is 0 Å². The standard InChI is InChI=1S/C10H9NO7S2.C7H7NO5S/c11-8-3-6(19(13,14)15)1-5-2-7(20(16,17)18)4-9(12)10(5)8;8-4-1-2-6(14(11,12)13)5(3-4)7(9)10/h1-4,12H,11H2,(H,13,14,15)(H,16,17,18);1-3H,8H2,(H,9,10)(H,11,12,13). The van der Waals surface area contributed by atoms with Crippen molar-refractivity contribution in [2.24, 2.45) is 0 Å². The van der Waals surface area contributed by atoms with E-state index in [9.17, 15) is 35.2 Å². The molecule has 3 aromatic carbocycles. The minimum absolute atomic E-state index is 0.00444. The lowest BCUT2D eigenvalue weighted by atomic mass is 10.1. The van der Waals surface area contributed by atoms with Crippen LogP contribution >= 0.6 is 0 Å². The predicted molar refractivity (Wildman–Crippen MR) is 117 cm³/mol. The van der Waals surface area contributed by atoms with Crippen LogP contribution in [0.2, 0.25) is 0 Å². The average Bonchev–Trinajstić information content (AvgIpc) is 2.65. The highest BCUT2D eigenvalue weighted by Gasteiger charge is 2.20. The fraction of sp³-hybridized carbons (Fsp3) is 0. The topological polar surface area (TPSA) is 273 Å². The van der Waals surface area contributed by atoms with E-state index >= 15 is 0 Å². The number of carboxylic acid groups (broad SMARTS) is 1. The molecular formula is C17H16N2O12S3. The van der Waals surface area contributed by atoms with Gasteiger partial charge in [-0.1, -0.05) is 0 Å². The molecule has 0 unspecified atom stereocenters. The van der Waals surface area contributed by atoms with Crippen molar-refractivity contribution in [2.45, 2.75) is 14.7 Å². The van der Waals surface area contributed by atoms with Gasteiger partial charge in [0.1, 0.15) is 10.6 Å². The summed E-state index contributed by atoms with van der Waals surface area (Å²) in [5, 5.41) is 18.3. The number of nitrogen functional groups attached to an aromatic ring is 2. The summed E-state index contributed by atoms with van der Waals surface area (Å²) in [5.41, 5.74) is 10.2. The molecule has 0 saturated heterocycles. The van der Waals surface area contributed by atoms with Crippen LogP contribution < -0.4 is 11.5 Å². The summed E-state index contributed by atoms with van der Waals surface area (Å²) in [4.78, 5) is 8.73. The van der Waals surface area contributed by atoms with Crippen LogP contribution in [-0.2, 0) is 30.4 Å². The van der Waals surface area contributed by atoms with Gasteiger partial charge in [0.2, 0.25) is 0 Å². The number of anilines is 2. The quantitative estimate of drug-likeness (QED) is 0.180. The van der Waals surface area contributed by atoms with Gasteiger partial charge in [0.05, 0.1) is 15.4 Å². The molecule has 3 rings (SSSR count). The molecule has 3 aromatic rings. The number of phenolic OH excluding ortho intramolecular Hbond substituents is 1. The highest BCUT2D eigenvalue weighted by atomic mass is 32.2. The van der Waals surface area contributed by atoms with Gasteiger partial charge in [-0.15, -0.1) is 0 Å². The predicted octanol–water partition coefficient (Wildman–Crippen LogP) is 0.835. The van der Waals surface area contributed by atoms with E-state index in [1.165, 1.54) is 6.07 Å². The summed E-state index contributed by atoms with van der Waals surface area (Å²) in [6.45, 7) is 0. The fourth-order valence-corrected chi connectivity index (χ4v) is 4.46. The third kappa shape index (κ3) is 6.10. The summed E-state index contributed by atoms with van der Waals surface area (Å²) in [6, 6.07) is 6.64. The number of phenols is 1. The third-order valence-electron chi connectivity index (χ3n) is 4.11. The molecule has 0 aliphatic carbocycles. The molecule has 0 atom stereocenters. The molecule has 0 fully saturated rings. The van der Waals surface area contributed by atoms with Gasteiger partial charge in [-0.25, -0.2) is 4.79 Å². The highest BCUT2D eigenvalue weighted by Crippen LogP contribution is 2.35. The zero-order chi connectivity index (χ0) is 26.2. The van der Waals surface area contributed by atoms with E-state index in [-0.39, 0.29) is 22.1 Å². The van der Waals surface area contributed by atoms with Crippen molar-refractivity contribution in [3.8, 4) is 5.75 Å². The largest absolute Gasteiger partial charge is 0.507 e. The van der Waals surface area contributed by atoms with Crippen molar-refractivity contribution in [1.29, 1.82) is 0 Å². The van der Waals surface area contributed by atoms with Crippen molar-refractivity contribution < 1.29 is 53.9 Å². The molecule has 0 bridgehead atoms. The first kappa shape index (κ1) is 26.8. The maximum absolute atomic E-state index is 11.1. The van der Waals surface area contributed by atoms with Gasteiger partial charge in [-0.3, -0.25) is 13.7 Å². The minimum atomic E-state index is -4.59. The Hall–Kier alpha value is -3.48. The first-order valence-corrected chi connectivity index (χ1v) is 12.8. The van der Waals surface area contributed by atoms with Crippen LogP contribution in [0.5, 0.6) is 5.75 Å². The molecule has 0 saturated carbocycles. The van der Waals surface area contributed by atoms with Crippen LogP contribution in [0.25, 0.3) is 10.8 Å². The Morgan fingerprint density at radius 2 is 1.24 bits per heavy atom. The minimum Gasteiger partial charge on any atom is -0.507 e. The highest BCUT2D eigenvalue weighted by molar-refractivity contribution is 7.86. The lowest BCUT2D eigenvalue weighted by Gasteiger charge is -2.08.